The van der Waals surface area contributed by atoms with Crippen LogP contribution in [0.25, 0.3) is 0 Å². The first-order chi connectivity index (χ1) is 18.3. The van der Waals surface area contributed by atoms with Crippen LogP contribution in [0.2, 0.25) is 0 Å². The third-order valence-electron chi connectivity index (χ3n) is 6.49. The number of primary amides is 1. The number of carbonyl (C=O) groups is 2. The summed E-state index contributed by atoms with van der Waals surface area (Å²) < 4.78 is 5.64. The lowest BCUT2D eigenvalue weighted by molar-refractivity contribution is -0.137. The predicted octanol–water partition coefficient (Wildman–Crippen LogP) is -2.16. The van der Waals surface area contributed by atoms with Gasteiger partial charge in [0.25, 0.3) is 0 Å². The molecule has 38 heavy (non-hydrogen) atoms. The van der Waals surface area contributed by atoms with Gasteiger partial charge in [-0.2, -0.15) is 0 Å². The maximum atomic E-state index is 11.3. The first-order valence-corrected chi connectivity index (χ1v) is 12.3. The van der Waals surface area contributed by atoms with Crippen molar-refractivity contribution >= 4 is 24.6 Å². The Balaban J connectivity index is 1.41. The fraction of sp³-hybridized carbons (Fsp3) is 0.500. The van der Waals surface area contributed by atoms with E-state index in [0.29, 0.717) is 30.9 Å². The standard InChI is InChI=1S/C24H33N7O7/c25-17(33)8-9-26-23-19-22(30(12-27-19)24-21(37)20(36)16(11-32)38-24)28-13-31(23)29-10-7-15-3-1-14(2-4-15)5-6-18(34)35/h1-4,12-13,16,20-22,24,26,29,32,36-37H,5-11H2,(H2,25,33)(H,34,35)/t16-,20-,21-,22?,24-/m1/s1. The molecule has 14 nitrogen and oxygen atoms in total. The number of benzene rings is 1. The second-order valence-electron chi connectivity index (χ2n) is 9.17. The number of nitrogens with two attached hydrogens (primary N) is 1. The Bertz CT molecular complexity index is 1090. The van der Waals surface area contributed by atoms with E-state index in [4.69, 9.17) is 15.6 Å². The molecular weight excluding hydrogens is 498 g/mol. The lowest BCUT2D eigenvalue weighted by atomic mass is 10.1. The molecule has 3 heterocycles. The number of hydrogen-bond donors (Lipinski definition) is 7. The highest BCUT2D eigenvalue weighted by Gasteiger charge is 2.49. The summed E-state index contributed by atoms with van der Waals surface area (Å²) in [5.74, 6) is -0.744. The first kappa shape index (κ1) is 27.5. The zero-order valence-electron chi connectivity index (χ0n) is 20.7. The molecule has 206 valence electrons. The minimum absolute atomic E-state index is 0.0880. The summed E-state index contributed by atoms with van der Waals surface area (Å²) in [6.07, 6.45) is -0.719. The third kappa shape index (κ3) is 6.28. The molecule has 0 bridgehead atoms. The van der Waals surface area contributed by atoms with Crippen LogP contribution in [0.4, 0.5) is 0 Å². The highest BCUT2D eigenvalue weighted by molar-refractivity contribution is 5.74. The van der Waals surface area contributed by atoms with Crippen LogP contribution < -0.4 is 16.5 Å². The maximum absolute atomic E-state index is 11.3. The second-order valence-corrected chi connectivity index (χ2v) is 9.17. The Morgan fingerprint density at radius 1 is 1.03 bits per heavy atom. The molecule has 0 saturated carbocycles. The van der Waals surface area contributed by atoms with Crippen molar-refractivity contribution in [3.05, 3.63) is 46.9 Å². The summed E-state index contributed by atoms with van der Waals surface area (Å²) in [6.45, 7) is 0.342. The molecule has 1 fully saturated rings. The van der Waals surface area contributed by atoms with E-state index in [1.165, 1.54) is 6.34 Å². The van der Waals surface area contributed by atoms with Gasteiger partial charge in [0, 0.05) is 25.9 Å². The van der Waals surface area contributed by atoms with Crippen LogP contribution in [0.1, 0.15) is 24.0 Å². The molecule has 3 aliphatic rings. The van der Waals surface area contributed by atoms with Gasteiger partial charge in [-0.1, -0.05) is 24.3 Å². The summed E-state index contributed by atoms with van der Waals surface area (Å²) in [5, 5.41) is 43.7. The van der Waals surface area contributed by atoms with E-state index in [0.717, 1.165) is 11.1 Å². The molecule has 1 aromatic rings. The van der Waals surface area contributed by atoms with Crippen LogP contribution in [-0.2, 0) is 27.2 Å². The molecular formula is C24H33N7O7. The smallest absolute Gasteiger partial charge is 0.303 e. The lowest BCUT2D eigenvalue weighted by Gasteiger charge is -2.34. The number of carboxylic acids is 1. The number of amides is 1. The summed E-state index contributed by atoms with van der Waals surface area (Å²) in [4.78, 5) is 32.6. The Hall–Kier alpha value is -3.56. The minimum Gasteiger partial charge on any atom is -0.481 e. The Morgan fingerprint density at radius 2 is 1.74 bits per heavy atom. The monoisotopic (exact) mass is 531 g/mol. The van der Waals surface area contributed by atoms with Gasteiger partial charge in [0.05, 0.1) is 12.9 Å². The van der Waals surface area contributed by atoms with Gasteiger partial charge in [-0.25, -0.2) is 20.4 Å². The SMILES string of the molecule is NC(=O)CCNC1=C2N=CN([C@@H]3O[C@H](CO)[C@@H](O)[C@H]3O)C2N=CN1NCCc1ccc(CCC(=O)O)cc1. The van der Waals surface area contributed by atoms with Crippen molar-refractivity contribution in [1.82, 2.24) is 20.7 Å². The summed E-state index contributed by atoms with van der Waals surface area (Å²) >= 11 is 0. The topological polar surface area (TPSA) is 206 Å². The Labute approximate surface area is 219 Å². The Morgan fingerprint density at radius 3 is 2.37 bits per heavy atom. The van der Waals surface area contributed by atoms with E-state index in [1.54, 1.807) is 16.2 Å². The molecule has 0 aliphatic carbocycles. The number of nitrogens with one attached hydrogen (secondary N) is 2. The van der Waals surface area contributed by atoms with Gasteiger partial charge in [0.2, 0.25) is 5.91 Å². The fourth-order valence-electron chi connectivity index (χ4n) is 4.42. The predicted molar refractivity (Wildman–Crippen MR) is 135 cm³/mol. The van der Waals surface area contributed by atoms with Crippen LogP contribution in [-0.4, -0.2) is 105 Å². The number of fused-ring (bicyclic) bond motifs is 1. The van der Waals surface area contributed by atoms with Crippen LogP contribution in [0.15, 0.2) is 45.8 Å². The molecule has 8 N–H and O–H groups in total. The molecule has 0 aromatic heterocycles. The van der Waals surface area contributed by atoms with Crippen molar-refractivity contribution in [3.63, 3.8) is 0 Å². The molecule has 4 rings (SSSR count). The molecule has 1 amide bonds. The van der Waals surface area contributed by atoms with Gasteiger partial charge in [-0.05, 0) is 24.0 Å². The number of hydrazine groups is 1. The molecule has 0 spiro atoms. The molecule has 1 saturated heterocycles. The van der Waals surface area contributed by atoms with E-state index >= 15 is 0 Å². The number of aliphatic imine (C=N–C) groups is 2. The van der Waals surface area contributed by atoms with Gasteiger partial charge < -0.3 is 41.1 Å². The van der Waals surface area contributed by atoms with E-state index < -0.39 is 49.2 Å². The summed E-state index contributed by atoms with van der Waals surface area (Å²) in [6, 6.07) is 7.76. The highest BCUT2D eigenvalue weighted by atomic mass is 16.6. The molecule has 14 heteroatoms. The van der Waals surface area contributed by atoms with Crippen LogP contribution >= 0.6 is 0 Å². The Kier molecular flexibility index (Phi) is 8.91. The number of ether oxygens (including phenoxy) is 1. The van der Waals surface area contributed by atoms with Crippen molar-refractivity contribution in [2.24, 2.45) is 15.7 Å². The number of aliphatic carboxylic acids is 1. The van der Waals surface area contributed by atoms with Crippen LogP contribution in [0, 0.1) is 0 Å². The number of aliphatic hydroxyl groups excluding tert-OH is 3. The molecule has 3 aliphatic heterocycles. The van der Waals surface area contributed by atoms with E-state index in [1.807, 2.05) is 24.3 Å². The zero-order valence-corrected chi connectivity index (χ0v) is 20.7. The quantitative estimate of drug-likeness (QED) is 0.146. The number of rotatable bonds is 13. The molecule has 1 unspecified atom stereocenters. The molecule has 1 aromatic carbocycles. The van der Waals surface area contributed by atoms with E-state index in [-0.39, 0.29) is 19.4 Å². The van der Waals surface area contributed by atoms with Gasteiger partial charge in [0.1, 0.15) is 36.2 Å². The lowest BCUT2D eigenvalue weighted by Crippen LogP contribution is -2.51. The van der Waals surface area contributed by atoms with Crippen molar-refractivity contribution in [2.75, 3.05) is 19.7 Å². The number of hydrogen-bond acceptors (Lipinski definition) is 12. The van der Waals surface area contributed by atoms with Gasteiger partial charge in [-0.3, -0.25) is 9.59 Å². The van der Waals surface area contributed by atoms with Gasteiger partial charge >= 0.3 is 5.97 Å². The number of nitrogens with zero attached hydrogens (tertiary/aromatic N) is 4. The number of aliphatic hydroxyl groups is 3. The number of aryl methyl sites for hydroxylation is 1. The number of carbonyl (C=O) groups excluding carboxylic acids is 1. The minimum atomic E-state index is -1.27. The highest BCUT2D eigenvalue weighted by Crippen LogP contribution is 2.32. The average Bonchev–Trinajstić information content (AvgIpc) is 3.44. The molecule has 5 atom stereocenters. The normalized spacial score (nSPS) is 26.2. The van der Waals surface area contributed by atoms with Crippen molar-refractivity contribution < 1.29 is 34.8 Å². The number of carboxylic acid groups (broad SMARTS) is 1. The third-order valence-corrected chi connectivity index (χ3v) is 6.49. The average molecular weight is 532 g/mol. The summed E-state index contributed by atoms with van der Waals surface area (Å²) in [5.41, 5.74) is 11.1. The summed E-state index contributed by atoms with van der Waals surface area (Å²) in [7, 11) is 0. The molecule has 0 radical (unpaired) electrons. The largest absolute Gasteiger partial charge is 0.481 e. The van der Waals surface area contributed by atoms with Crippen molar-refractivity contribution in [3.8, 4) is 0 Å². The van der Waals surface area contributed by atoms with Gasteiger partial charge in [-0.15, -0.1) is 0 Å². The second kappa shape index (κ2) is 12.3. The van der Waals surface area contributed by atoms with Crippen molar-refractivity contribution in [1.29, 1.82) is 0 Å². The maximum Gasteiger partial charge on any atom is 0.303 e. The zero-order chi connectivity index (χ0) is 27.2. The van der Waals surface area contributed by atoms with Crippen molar-refractivity contribution in [2.45, 2.75) is 56.4 Å². The van der Waals surface area contributed by atoms with E-state index in [2.05, 4.69) is 20.7 Å². The van der Waals surface area contributed by atoms with E-state index in [9.17, 15) is 24.9 Å². The fourth-order valence-corrected chi connectivity index (χ4v) is 4.42. The van der Waals surface area contributed by atoms with Crippen LogP contribution in [0.3, 0.4) is 0 Å². The van der Waals surface area contributed by atoms with Gasteiger partial charge in [0.15, 0.2) is 12.4 Å². The van der Waals surface area contributed by atoms with Crippen LogP contribution in [0.5, 0.6) is 0 Å². The first-order valence-electron chi connectivity index (χ1n) is 12.3.